The highest BCUT2D eigenvalue weighted by Gasteiger charge is 2.42. The lowest BCUT2D eigenvalue weighted by Crippen LogP contribution is -2.29. The lowest BCUT2D eigenvalue weighted by molar-refractivity contribution is -0.115. The molecule has 1 fully saturated rings. The molecule has 1 amide bonds. The Morgan fingerprint density at radius 3 is 2.60 bits per heavy atom. The van der Waals surface area contributed by atoms with Crippen molar-refractivity contribution in [3.8, 4) is 17.2 Å². The Morgan fingerprint density at radius 2 is 1.85 bits per heavy atom. The fourth-order valence-corrected chi connectivity index (χ4v) is 5.98. The summed E-state index contributed by atoms with van der Waals surface area (Å²) in [5.74, 6) is 1.49. The van der Waals surface area contributed by atoms with Gasteiger partial charge in [-0.25, -0.2) is 0 Å². The van der Waals surface area contributed by atoms with Gasteiger partial charge in [-0.2, -0.15) is 0 Å². The normalized spacial score (nSPS) is 17.7. The Morgan fingerprint density at radius 1 is 1.05 bits per heavy atom. The number of pyridine rings is 1. The van der Waals surface area contributed by atoms with E-state index in [9.17, 15) is 4.79 Å². The molecule has 2 atom stereocenters. The van der Waals surface area contributed by atoms with Crippen LogP contribution in [0.25, 0.3) is 5.69 Å². The van der Waals surface area contributed by atoms with Crippen LogP contribution in [0.5, 0.6) is 11.5 Å². The fraction of sp³-hybridized carbons (Fsp3) is 0.258. The van der Waals surface area contributed by atoms with Crippen LogP contribution in [-0.4, -0.2) is 27.4 Å². The molecule has 4 aromatic rings. The number of nitrogens with one attached hydrogen (secondary N) is 2. The van der Waals surface area contributed by atoms with E-state index in [1.165, 1.54) is 0 Å². The maximum Gasteiger partial charge on any atom is 0.231 e. The first-order chi connectivity index (χ1) is 19.4. The average molecular weight is 554 g/mol. The summed E-state index contributed by atoms with van der Waals surface area (Å²) in [5.41, 5.74) is 7.96. The Bertz CT molecular complexity index is 1620. The Labute approximate surface area is 238 Å². The molecular weight excluding hydrogens is 522 g/mol. The number of amides is 1. The van der Waals surface area contributed by atoms with Gasteiger partial charge in [-0.05, 0) is 92.6 Å². The van der Waals surface area contributed by atoms with Gasteiger partial charge in [-0.1, -0.05) is 13.0 Å². The van der Waals surface area contributed by atoms with Crippen LogP contribution in [0.3, 0.4) is 0 Å². The molecule has 9 heteroatoms. The van der Waals surface area contributed by atoms with E-state index in [-0.39, 0.29) is 24.8 Å². The van der Waals surface area contributed by atoms with E-state index in [2.05, 4.69) is 52.1 Å². The van der Waals surface area contributed by atoms with Gasteiger partial charge in [-0.3, -0.25) is 9.78 Å². The van der Waals surface area contributed by atoms with Crippen LogP contribution >= 0.6 is 12.2 Å². The SMILES string of the molecule is CCC(=O)Nc1ccc(N2C(=S)N[C@@H](c3ccccn3)[C@@H]2c2cc(C)n(-c3ccc4c(c3)OCO4)c2C)cc1C. The van der Waals surface area contributed by atoms with Gasteiger partial charge < -0.3 is 29.6 Å². The Hall–Kier alpha value is -4.37. The summed E-state index contributed by atoms with van der Waals surface area (Å²) in [7, 11) is 0. The van der Waals surface area contributed by atoms with Crippen molar-refractivity contribution in [2.75, 3.05) is 17.0 Å². The number of hydrogen-bond donors (Lipinski definition) is 2. The molecule has 2 N–H and O–H groups in total. The summed E-state index contributed by atoms with van der Waals surface area (Å²) < 4.78 is 13.4. The smallest absolute Gasteiger partial charge is 0.231 e. The van der Waals surface area contributed by atoms with Crippen molar-refractivity contribution in [2.45, 2.75) is 46.2 Å². The van der Waals surface area contributed by atoms with Crippen molar-refractivity contribution in [1.82, 2.24) is 14.9 Å². The molecule has 0 saturated carbocycles. The predicted molar refractivity (Wildman–Crippen MR) is 159 cm³/mol. The predicted octanol–water partition coefficient (Wildman–Crippen LogP) is 6.05. The third kappa shape index (κ3) is 4.46. The monoisotopic (exact) mass is 553 g/mol. The van der Waals surface area contributed by atoms with Gasteiger partial charge in [0.2, 0.25) is 12.7 Å². The summed E-state index contributed by atoms with van der Waals surface area (Å²) in [6.07, 6.45) is 2.24. The third-order valence-electron chi connectivity index (χ3n) is 7.58. The second-order valence-corrected chi connectivity index (χ2v) is 10.5. The molecule has 0 bridgehead atoms. The van der Waals surface area contributed by atoms with Gasteiger partial charge >= 0.3 is 0 Å². The van der Waals surface area contributed by atoms with E-state index in [1.807, 2.05) is 62.5 Å². The van der Waals surface area contributed by atoms with Crippen LogP contribution in [0, 0.1) is 20.8 Å². The third-order valence-corrected chi connectivity index (χ3v) is 7.90. The summed E-state index contributed by atoms with van der Waals surface area (Å²) in [6, 6.07) is 19.9. The zero-order valence-corrected chi connectivity index (χ0v) is 23.7. The Balaban J connectivity index is 1.46. The number of carbonyl (C=O) groups excluding carboxylic acids is 1. The minimum atomic E-state index is -0.167. The molecule has 8 nitrogen and oxygen atoms in total. The summed E-state index contributed by atoms with van der Waals surface area (Å²) in [4.78, 5) is 18.9. The molecule has 40 heavy (non-hydrogen) atoms. The van der Waals surface area contributed by atoms with Gasteiger partial charge in [0.1, 0.15) is 0 Å². The van der Waals surface area contributed by atoms with Gasteiger partial charge in [0.15, 0.2) is 16.6 Å². The van der Waals surface area contributed by atoms with Crippen LogP contribution in [0.4, 0.5) is 11.4 Å². The number of hydrogen-bond acceptors (Lipinski definition) is 5. The van der Waals surface area contributed by atoms with E-state index < -0.39 is 0 Å². The largest absolute Gasteiger partial charge is 0.454 e. The minimum absolute atomic E-state index is 0.0155. The number of anilines is 2. The molecule has 6 rings (SSSR count). The topological polar surface area (TPSA) is 80.7 Å². The van der Waals surface area contributed by atoms with Crippen molar-refractivity contribution < 1.29 is 14.3 Å². The van der Waals surface area contributed by atoms with Gasteiger partial charge in [0, 0.05) is 47.1 Å². The lowest BCUT2D eigenvalue weighted by Gasteiger charge is -2.29. The number of ether oxygens (including phenoxy) is 2. The summed E-state index contributed by atoms with van der Waals surface area (Å²) in [5, 5.41) is 7.16. The Kier molecular flexibility index (Phi) is 6.67. The van der Waals surface area contributed by atoms with Crippen molar-refractivity contribution >= 4 is 34.6 Å². The first-order valence-electron chi connectivity index (χ1n) is 13.4. The fourth-order valence-electron chi connectivity index (χ4n) is 5.63. The number of carbonyl (C=O) groups is 1. The maximum absolute atomic E-state index is 12.0. The molecular formula is C31H31N5O3S. The van der Waals surface area contributed by atoms with Gasteiger partial charge in [-0.15, -0.1) is 0 Å². The highest BCUT2D eigenvalue weighted by molar-refractivity contribution is 7.80. The highest BCUT2D eigenvalue weighted by Crippen LogP contribution is 2.45. The summed E-state index contributed by atoms with van der Waals surface area (Å²) >= 11 is 5.95. The molecule has 2 aromatic carbocycles. The van der Waals surface area contributed by atoms with E-state index in [1.54, 1.807) is 0 Å². The van der Waals surface area contributed by atoms with E-state index in [4.69, 9.17) is 26.7 Å². The summed E-state index contributed by atoms with van der Waals surface area (Å²) in [6.45, 7) is 8.32. The van der Waals surface area contributed by atoms with Crippen LogP contribution in [0.2, 0.25) is 0 Å². The molecule has 2 aliphatic heterocycles. The number of thiocarbonyl (C=S) groups is 1. The van der Waals surface area contributed by atoms with Crippen molar-refractivity contribution in [1.29, 1.82) is 0 Å². The van der Waals surface area contributed by atoms with Crippen molar-refractivity contribution in [3.63, 3.8) is 0 Å². The van der Waals surface area contributed by atoms with E-state index in [0.29, 0.717) is 11.5 Å². The van der Waals surface area contributed by atoms with Gasteiger partial charge in [0.05, 0.1) is 17.8 Å². The lowest BCUT2D eigenvalue weighted by atomic mass is 9.96. The number of rotatable bonds is 6. The first-order valence-corrected chi connectivity index (χ1v) is 13.8. The second-order valence-electron chi connectivity index (χ2n) is 10.1. The highest BCUT2D eigenvalue weighted by atomic mass is 32.1. The van der Waals surface area contributed by atoms with Gasteiger partial charge in [0.25, 0.3) is 0 Å². The van der Waals surface area contributed by atoms with E-state index in [0.717, 1.165) is 56.8 Å². The number of fused-ring (bicyclic) bond motifs is 1. The second kappa shape index (κ2) is 10.3. The first kappa shape index (κ1) is 25.9. The number of aromatic nitrogens is 2. The number of nitrogens with zero attached hydrogens (tertiary/aromatic N) is 3. The van der Waals surface area contributed by atoms with Crippen LogP contribution < -0.4 is 25.0 Å². The van der Waals surface area contributed by atoms with Crippen LogP contribution in [0.15, 0.2) is 66.9 Å². The van der Waals surface area contributed by atoms with Crippen molar-refractivity contribution in [3.05, 3.63) is 95.1 Å². The zero-order chi connectivity index (χ0) is 28.0. The van der Waals surface area contributed by atoms with Crippen molar-refractivity contribution in [2.24, 2.45) is 0 Å². The zero-order valence-electron chi connectivity index (χ0n) is 22.9. The molecule has 4 heterocycles. The molecule has 204 valence electrons. The molecule has 2 aromatic heterocycles. The van der Waals surface area contributed by atoms with Crippen LogP contribution in [-0.2, 0) is 4.79 Å². The molecule has 0 unspecified atom stereocenters. The standard InChI is InChI=1S/C31H31N5O3S/c1-5-28(37)33-24-11-9-21(14-18(24)2)36-30(29(34-31(36)40)25-8-6-7-13-32-25)23-15-19(3)35(20(23)4)22-10-12-26-27(16-22)39-17-38-26/h6-16,29-30H,5,17H2,1-4H3,(H,33,37)(H,34,40)/t29-,30-/m0/s1. The molecule has 1 saturated heterocycles. The molecule has 0 aliphatic carbocycles. The molecule has 0 radical (unpaired) electrons. The average Bonchev–Trinajstić information content (AvgIpc) is 3.64. The van der Waals surface area contributed by atoms with Crippen LogP contribution in [0.1, 0.15) is 53.6 Å². The van der Waals surface area contributed by atoms with E-state index >= 15 is 0 Å². The quantitative estimate of drug-likeness (QED) is 0.281. The molecule has 2 aliphatic rings. The number of aryl methyl sites for hydroxylation is 2. The number of benzene rings is 2. The maximum atomic E-state index is 12.0. The molecule has 0 spiro atoms. The minimum Gasteiger partial charge on any atom is -0.454 e.